The van der Waals surface area contributed by atoms with E-state index in [0.29, 0.717) is 18.3 Å². The molecule has 0 aliphatic carbocycles. The molecule has 4 nitrogen and oxygen atoms in total. The van der Waals surface area contributed by atoms with Crippen LogP contribution in [0.3, 0.4) is 0 Å². The smallest absolute Gasteiger partial charge is 0.142 e. The molecule has 21 heavy (non-hydrogen) atoms. The minimum absolute atomic E-state index is 0.0754. The molecule has 1 unspecified atom stereocenters. The number of fused-ring (bicyclic) bond motifs is 1. The van der Waals surface area contributed by atoms with Gasteiger partial charge in [0.1, 0.15) is 24.0 Å². The molecule has 3 rings (SSSR count). The molecule has 2 heterocycles. The van der Waals surface area contributed by atoms with E-state index >= 15 is 0 Å². The van der Waals surface area contributed by atoms with Crippen molar-refractivity contribution in [1.29, 1.82) is 0 Å². The van der Waals surface area contributed by atoms with Crippen LogP contribution in [0.1, 0.15) is 36.8 Å². The van der Waals surface area contributed by atoms with Gasteiger partial charge in [0.05, 0.1) is 15.2 Å². The van der Waals surface area contributed by atoms with Crippen LogP contribution >= 0.6 is 22.6 Å². The van der Waals surface area contributed by atoms with Gasteiger partial charge in [0.2, 0.25) is 0 Å². The third-order valence-corrected chi connectivity index (χ3v) is 4.75. The highest BCUT2D eigenvalue weighted by Gasteiger charge is 2.28. The normalized spacial score (nSPS) is 16.9. The molecule has 1 aromatic heterocycles. The fraction of sp³-hybridized carbons (Fsp3) is 0.375. The zero-order chi connectivity index (χ0) is 15.0. The Morgan fingerprint density at radius 1 is 1.33 bits per heavy atom. The van der Waals surface area contributed by atoms with Gasteiger partial charge in [-0.15, -0.1) is 0 Å². The Bertz CT molecular complexity index is 673. The SMILES string of the molecule is CC(C)Cc1nc(C2COc3ccccc32)nc(N)c1I. The minimum atomic E-state index is 0.0754. The average Bonchev–Trinajstić information content (AvgIpc) is 2.87. The van der Waals surface area contributed by atoms with Crippen LogP contribution in [0, 0.1) is 9.49 Å². The third-order valence-electron chi connectivity index (χ3n) is 3.58. The van der Waals surface area contributed by atoms with E-state index in [0.717, 1.165) is 32.8 Å². The Morgan fingerprint density at radius 2 is 2.10 bits per heavy atom. The Kier molecular flexibility index (Phi) is 4.01. The first kappa shape index (κ1) is 14.6. The Morgan fingerprint density at radius 3 is 2.86 bits per heavy atom. The number of aromatic nitrogens is 2. The van der Waals surface area contributed by atoms with Crippen LogP contribution in [0.15, 0.2) is 24.3 Å². The highest BCUT2D eigenvalue weighted by atomic mass is 127. The largest absolute Gasteiger partial charge is 0.492 e. The van der Waals surface area contributed by atoms with E-state index in [1.54, 1.807) is 0 Å². The van der Waals surface area contributed by atoms with Crippen molar-refractivity contribution in [2.75, 3.05) is 12.3 Å². The highest BCUT2D eigenvalue weighted by Crippen LogP contribution is 2.37. The number of benzene rings is 1. The Hall–Kier alpha value is -1.37. The van der Waals surface area contributed by atoms with Crippen LogP contribution in [0.2, 0.25) is 0 Å². The van der Waals surface area contributed by atoms with Gasteiger partial charge in [-0.3, -0.25) is 0 Å². The molecule has 0 spiro atoms. The van der Waals surface area contributed by atoms with Crippen molar-refractivity contribution < 1.29 is 4.74 Å². The number of ether oxygens (including phenoxy) is 1. The van der Waals surface area contributed by atoms with E-state index in [2.05, 4.69) is 47.5 Å². The molecule has 0 amide bonds. The summed E-state index contributed by atoms with van der Waals surface area (Å²) >= 11 is 2.24. The number of hydrogen-bond acceptors (Lipinski definition) is 4. The van der Waals surface area contributed by atoms with Gasteiger partial charge >= 0.3 is 0 Å². The fourth-order valence-corrected chi connectivity index (χ4v) is 3.05. The fourth-order valence-electron chi connectivity index (χ4n) is 2.59. The van der Waals surface area contributed by atoms with E-state index in [-0.39, 0.29) is 5.92 Å². The lowest BCUT2D eigenvalue weighted by Gasteiger charge is -2.13. The van der Waals surface area contributed by atoms with Crippen molar-refractivity contribution in [2.24, 2.45) is 5.92 Å². The van der Waals surface area contributed by atoms with E-state index in [9.17, 15) is 0 Å². The zero-order valence-electron chi connectivity index (χ0n) is 12.1. The number of nitrogens with zero attached hydrogens (tertiary/aromatic N) is 2. The molecule has 1 aromatic carbocycles. The van der Waals surface area contributed by atoms with Gasteiger partial charge < -0.3 is 10.5 Å². The van der Waals surface area contributed by atoms with Gasteiger partial charge in [-0.2, -0.15) is 0 Å². The summed E-state index contributed by atoms with van der Waals surface area (Å²) < 4.78 is 6.70. The van der Waals surface area contributed by atoms with E-state index in [1.165, 1.54) is 0 Å². The maximum atomic E-state index is 6.09. The van der Waals surface area contributed by atoms with Crippen LogP contribution in [-0.4, -0.2) is 16.6 Å². The molecule has 1 aliphatic rings. The second-order valence-electron chi connectivity index (χ2n) is 5.73. The first-order valence-corrected chi connectivity index (χ1v) is 8.17. The van der Waals surface area contributed by atoms with Crippen molar-refractivity contribution in [3.05, 3.63) is 44.9 Å². The number of anilines is 1. The summed E-state index contributed by atoms with van der Waals surface area (Å²) in [6, 6.07) is 8.06. The van der Waals surface area contributed by atoms with Crippen molar-refractivity contribution in [1.82, 2.24) is 9.97 Å². The number of nitrogen functional groups attached to an aromatic ring is 1. The van der Waals surface area contributed by atoms with Crippen LogP contribution in [-0.2, 0) is 6.42 Å². The van der Waals surface area contributed by atoms with Crippen LogP contribution in [0.5, 0.6) is 5.75 Å². The summed E-state index contributed by atoms with van der Waals surface area (Å²) in [5, 5.41) is 0. The predicted octanol–water partition coefficient (Wildman–Crippen LogP) is 3.39. The monoisotopic (exact) mass is 395 g/mol. The highest BCUT2D eigenvalue weighted by molar-refractivity contribution is 14.1. The van der Waals surface area contributed by atoms with Crippen molar-refractivity contribution in [2.45, 2.75) is 26.2 Å². The summed E-state index contributed by atoms with van der Waals surface area (Å²) in [7, 11) is 0. The summed E-state index contributed by atoms with van der Waals surface area (Å²) in [5.41, 5.74) is 8.27. The van der Waals surface area contributed by atoms with Gasteiger partial charge in [0.15, 0.2) is 0 Å². The molecule has 0 radical (unpaired) electrons. The number of rotatable bonds is 3. The van der Waals surface area contributed by atoms with Gasteiger partial charge in [-0.05, 0) is 41.0 Å². The lowest BCUT2D eigenvalue weighted by atomic mass is 10.00. The second kappa shape index (κ2) is 5.79. The van der Waals surface area contributed by atoms with E-state index in [1.807, 2.05) is 18.2 Å². The quantitative estimate of drug-likeness (QED) is 0.810. The van der Waals surface area contributed by atoms with E-state index in [4.69, 9.17) is 15.5 Å². The van der Waals surface area contributed by atoms with Gasteiger partial charge in [-0.1, -0.05) is 32.0 Å². The van der Waals surface area contributed by atoms with Crippen molar-refractivity contribution in [3.8, 4) is 5.75 Å². The number of hydrogen-bond donors (Lipinski definition) is 1. The number of nitrogens with two attached hydrogens (primary N) is 1. The number of halogens is 1. The average molecular weight is 395 g/mol. The molecule has 0 bridgehead atoms. The molecular formula is C16H18IN3O. The van der Waals surface area contributed by atoms with Gasteiger partial charge in [0.25, 0.3) is 0 Å². The van der Waals surface area contributed by atoms with E-state index < -0.39 is 0 Å². The standard InChI is InChI=1S/C16H18IN3O/c1-9(2)7-12-14(17)15(18)20-16(19-12)11-8-21-13-6-4-3-5-10(11)13/h3-6,9,11H,7-8H2,1-2H3,(H2,18,19,20). The first-order valence-electron chi connectivity index (χ1n) is 7.09. The molecular weight excluding hydrogens is 377 g/mol. The lowest BCUT2D eigenvalue weighted by Crippen LogP contribution is -2.14. The first-order chi connectivity index (χ1) is 10.1. The molecule has 0 saturated carbocycles. The van der Waals surface area contributed by atoms with Crippen LogP contribution < -0.4 is 10.5 Å². The maximum absolute atomic E-state index is 6.09. The maximum Gasteiger partial charge on any atom is 0.142 e. The summed E-state index contributed by atoms with van der Waals surface area (Å²) in [4.78, 5) is 9.28. The molecule has 0 saturated heterocycles. The molecule has 2 aromatic rings. The van der Waals surface area contributed by atoms with Crippen molar-refractivity contribution in [3.63, 3.8) is 0 Å². The Balaban J connectivity index is 2.02. The summed E-state index contributed by atoms with van der Waals surface area (Å²) in [6.07, 6.45) is 0.910. The molecule has 110 valence electrons. The van der Waals surface area contributed by atoms with Crippen LogP contribution in [0.25, 0.3) is 0 Å². The molecule has 2 N–H and O–H groups in total. The molecule has 5 heteroatoms. The predicted molar refractivity (Wildman–Crippen MR) is 91.5 cm³/mol. The third kappa shape index (κ3) is 2.84. The molecule has 1 atom stereocenters. The molecule has 1 aliphatic heterocycles. The molecule has 0 fully saturated rings. The Labute approximate surface area is 138 Å². The topological polar surface area (TPSA) is 61.0 Å². The van der Waals surface area contributed by atoms with Gasteiger partial charge in [-0.25, -0.2) is 9.97 Å². The summed E-state index contributed by atoms with van der Waals surface area (Å²) in [6.45, 7) is 4.95. The second-order valence-corrected chi connectivity index (χ2v) is 6.81. The zero-order valence-corrected chi connectivity index (χ0v) is 14.3. The number of para-hydroxylation sites is 1. The lowest BCUT2D eigenvalue weighted by molar-refractivity contribution is 0.339. The van der Waals surface area contributed by atoms with Gasteiger partial charge in [0, 0.05) is 5.56 Å². The van der Waals surface area contributed by atoms with Crippen LogP contribution in [0.4, 0.5) is 5.82 Å². The summed E-state index contributed by atoms with van der Waals surface area (Å²) in [5.74, 6) is 2.88. The van der Waals surface area contributed by atoms with Crippen molar-refractivity contribution >= 4 is 28.4 Å². The minimum Gasteiger partial charge on any atom is -0.492 e.